The van der Waals surface area contributed by atoms with Crippen molar-refractivity contribution in [2.24, 2.45) is 0 Å². The van der Waals surface area contributed by atoms with E-state index in [4.69, 9.17) is 4.74 Å². The number of hydrogen-bond donors (Lipinski definition) is 1. The molecule has 0 saturated carbocycles. The van der Waals surface area contributed by atoms with Crippen molar-refractivity contribution in [2.45, 2.75) is 13.0 Å². The van der Waals surface area contributed by atoms with Gasteiger partial charge in [-0.3, -0.25) is 9.59 Å². The van der Waals surface area contributed by atoms with E-state index in [-0.39, 0.29) is 31.4 Å². The molecule has 1 aromatic carbocycles. The van der Waals surface area contributed by atoms with Crippen molar-refractivity contribution in [1.29, 1.82) is 0 Å². The monoisotopic (exact) mass is 292 g/mol. The Morgan fingerprint density at radius 3 is 2.29 bits per heavy atom. The summed E-state index contributed by atoms with van der Waals surface area (Å²) < 4.78 is 5.06. The number of nitrogens with zero attached hydrogens (tertiary/aromatic N) is 2. The lowest BCUT2D eigenvalue weighted by molar-refractivity contribution is -0.151. The molecule has 0 aliphatic carbocycles. The summed E-state index contributed by atoms with van der Waals surface area (Å²) >= 11 is 0. The van der Waals surface area contributed by atoms with E-state index in [1.807, 2.05) is 6.92 Å². The largest absolute Gasteiger partial charge is 0.497 e. The lowest BCUT2D eigenvalue weighted by atomic mass is 10.1. The molecule has 21 heavy (non-hydrogen) atoms. The van der Waals surface area contributed by atoms with Gasteiger partial charge < -0.3 is 19.6 Å². The number of rotatable bonds is 5. The number of amides is 2. The average Bonchev–Trinajstić information content (AvgIpc) is 2.50. The Balaban J connectivity index is 2.00. The van der Waals surface area contributed by atoms with Gasteiger partial charge in [-0.25, -0.2) is 0 Å². The van der Waals surface area contributed by atoms with Crippen molar-refractivity contribution in [3.05, 3.63) is 29.8 Å². The fourth-order valence-corrected chi connectivity index (χ4v) is 2.30. The second-order valence-corrected chi connectivity index (χ2v) is 4.97. The summed E-state index contributed by atoms with van der Waals surface area (Å²) in [5.74, 6) is 0.483. The maximum atomic E-state index is 12.0. The third-order valence-corrected chi connectivity index (χ3v) is 3.63. The summed E-state index contributed by atoms with van der Waals surface area (Å²) in [5.41, 5.74) is 0.689. The smallest absolute Gasteiger partial charge is 0.242 e. The van der Waals surface area contributed by atoms with Crippen LogP contribution in [0.3, 0.4) is 0 Å². The number of carbonyl (C=O) groups excluding carboxylic acids is 2. The molecule has 1 aliphatic heterocycles. The Hall–Kier alpha value is -2.08. The van der Waals surface area contributed by atoms with Crippen LogP contribution >= 0.6 is 0 Å². The Labute approximate surface area is 123 Å². The van der Waals surface area contributed by atoms with Crippen molar-refractivity contribution < 1.29 is 19.4 Å². The van der Waals surface area contributed by atoms with Crippen molar-refractivity contribution in [1.82, 2.24) is 9.80 Å². The molecule has 1 atom stereocenters. The zero-order chi connectivity index (χ0) is 15.4. The van der Waals surface area contributed by atoms with Crippen LogP contribution in [-0.2, 0) is 9.59 Å². The predicted molar refractivity (Wildman–Crippen MR) is 76.8 cm³/mol. The number of β-amino-alcohol motifs (C(OH)–C–C–N with tert-alkyl or cyclic N) is 1. The topological polar surface area (TPSA) is 70.1 Å². The van der Waals surface area contributed by atoms with Crippen molar-refractivity contribution >= 4 is 11.8 Å². The van der Waals surface area contributed by atoms with Gasteiger partial charge in [-0.15, -0.1) is 0 Å². The maximum absolute atomic E-state index is 12.0. The molecule has 2 rings (SSSR count). The third-order valence-electron chi connectivity index (χ3n) is 3.63. The van der Waals surface area contributed by atoms with E-state index in [0.717, 1.165) is 0 Å². The molecule has 1 aromatic rings. The molecule has 0 spiro atoms. The molecule has 114 valence electrons. The molecule has 6 nitrogen and oxygen atoms in total. The van der Waals surface area contributed by atoms with Gasteiger partial charge in [0.05, 0.1) is 32.8 Å². The lowest BCUT2D eigenvalue weighted by Gasteiger charge is -2.34. The first-order valence-corrected chi connectivity index (χ1v) is 6.92. The highest BCUT2D eigenvalue weighted by molar-refractivity contribution is 5.92. The Kier molecular flexibility index (Phi) is 4.80. The van der Waals surface area contributed by atoms with Crippen LogP contribution in [0.4, 0.5) is 0 Å². The summed E-state index contributed by atoms with van der Waals surface area (Å²) in [6.45, 7) is 2.60. The van der Waals surface area contributed by atoms with Crippen LogP contribution in [0.2, 0.25) is 0 Å². The van der Waals surface area contributed by atoms with Crippen molar-refractivity contribution in [3.63, 3.8) is 0 Å². The number of hydrogen-bond acceptors (Lipinski definition) is 4. The van der Waals surface area contributed by atoms with Crippen LogP contribution in [0.1, 0.15) is 18.6 Å². The number of likely N-dealkylation sites (N-methyl/N-ethyl adjacent to an activating group) is 1. The van der Waals surface area contributed by atoms with Gasteiger partial charge in [0.1, 0.15) is 5.75 Å². The molecule has 6 heteroatoms. The third kappa shape index (κ3) is 3.52. The van der Waals surface area contributed by atoms with Gasteiger partial charge in [0.25, 0.3) is 0 Å². The van der Waals surface area contributed by atoms with Gasteiger partial charge >= 0.3 is 0 Å². The van der Waals surface area contributed by atoms with Gasteiger partial charge in [0.15, 0.2) is 0 Å². The van der Waals surface area contributed by atoms with Gasteiger partial charge in [0.2, 0.25) is 11.8 Å². The summed E-state index contributed by atoms with van der Waals surface area (Å²) in [5, 5.41) is 10.2. The highest BCUT2D eigenvalue weighted by atomic mass is 16.5. The molecular weight excluding hydrogens is 272 g/mol. The molecule has 0 bridgehead atoms. The predicted octanol–water partition coefficient (Wildman–Crippen LogP) is 0.419. The number of piperazine rings is 1. The van der Waals surface area contributed by atoms with E-state index in [1.165, 1.54) is 9.80 Å². The van der Waals surface area contributed by atoms with E-state index in [0.29, 0.717) is 17.9 Å². The number of aliphatic hydroxyl groups is 1. The van der Waals surface area contributed by atoms with E-state index in [9.17, 15) is 14.7 Å². The number of carbonyl (C=O) groups is 2. The summed E-state index contributed by atoms with van der Waals surface area (Å²) in [7, 11) is 1.57. The Bertz CT molecular complexity index is 515. The molecule has 1 saturated heterocycles. The molecule has 1 aliphatic rings. The molecule has 0 radical (unpaired) electrons. The van der Waals surface area contributed by atoms with E-state index >= 15 is 0 Å². The molecular formula is C15H20N2O4. The molecule has 1 N–H and O–H groups in total. The molecule has 1 fully saturated rings. The number of aliphatic hydroxyl groups excluding tert-OH is 1. The van der Waals surface area contributed by atoms with Crippen LogP contribution in [0, 0.1) is 0 Å². The fourth-order valence-electron chi connectivity index (χ4n) is 2.30. The van der Waals surface area contributed by atoms with Crippen LogP contribution in [0.15, 0.2) is 24.3 Å². The normalized spacial score (nSPS) is 17.1. The van der Waals surface area contributed by atoms with Crippen LogP contribution in [-0.4, -0.2) is 60.0 Å². The minimum Gasteiger partial charge on any atom is -0.497 e. The quantitative estimate of drug-likeness (QED) is 0.854. The number of benzene rings is 1. The number of methoxy groups -OCH3 is 1. The summed E-state index contributed by atoms with van der Waals surface area (Å²) in [4.78, 5) is 26.7. The maximum Gasteiger partial charge on any atom is 0.242 e. The average molecular weight is 292 g/mol. The first-order valence-electron chi connectivity index (χ1n) is 6.92. The van der Waals surface area contributed by atoms with Gasteiger partial charge in [-0.05, 0) is 24.6 Å². The van der Waals surface area contributed by atoms with Crippen LogP contribution in [0.25, 0.3) is 0 Å². The molecule has 1 heterocycles. The Morgan fingerprint density at radius 1 is 1.14 bits per heavy atom. The second kappa shape index (κ2) is 6.58. The van der Waals surface area contributed by atoms with E-state index in [2.05, 4.69) is 0 Å². The molecule has 0 aromatic heterocycles. The summed E-state index contributed by atoms with van der Waals surface area (Å²) in [6, 6.07) is 7.00. The van der Waals surface area contributed by atoms with Gasteiger partial charge in [0, 0.05) is 6.54 Å². The van der Waals surface area contributed by atoms with Crippen molar-refractivity contribution in [3.8, 4) is 5.75 Å². The molecule has 1 unspecified atom stereocenters. The minimum absolute atomic E-state index is 0.0277. The fraction of sp³-hybridized carbons (Fsp3) is 0.467. The van der Waals surface area contributed by atoms with Crippen LogP contribution in [0.5, 0.6) is 5.75 Å². The first-order chi connectivity index (χ1) is 10.0. The Morgan fingerprint density at radius 2 is 1.71 bits per heavy atom. The zero-order valence-corrected chi connectivity index (χ0v) is 12.3. The SMILES string of the molecule is CCN1CC(=O)N(CC(O)c2ccc(OC)cc2)CC1=O. The molecule has 2 amide bonds. The zero-order valence-electron chi connectivity index (χ0n) is 12.3. The second-order valence-electron chi connectivity index (χ2n) is 4.97. The van der Waals surface area contributed by atoms with E-state index in [1.54, 1.807) is 31.4 Å². The highest BCUT2D eigenvalue weighted by Crippen LogP contribution is 2.19. The van der Waals surface area contributed by atoms with Gasteiger partial charge in [-0.1, -0.05) is 12.1 Å². The highest BCUT2D eigenvalue weighted by Gasteiger charge is 2.30. The van der Waals surface area contributed by atoms with E-state index < -0.39 is 6.10 Å². The standard InChI is InChI=1S/C15H20N2O4/c1-3-16-9-15(20)17(10-14(16)19)8-13(18)11-4-6-12(21-2)7-5-11/h4-7,13,18H,3,8-10H2,1-2H3. The lowest BCUT2D eigenvalue weighted by Crippen LogP contribution is -2.54. The number of ether oxygens (including phenoxy) is 1. The van der Waals surface area contributed by atoms with Crippen LogP contribution < -0.4 is 4.74 Å². The minimum atomic E-state index is -0.819. The van der Waals surface area contributed by atoms with Gasteiger partial charge in [-0.2, -0.15) is 0 Å². The summed E-state index contributed by atoms with van der Waals surface area (Å²) in [6.07, 6.45) is -0.819. The van der Waals surface area contributed by atoms with Crippen molar-refractivity contribution in [2.75, 3.05) is 33.3 Å². The first kappa shape index (κ1) is 15.3.